The number of hydrogen-bond acceptors (Lipinski definition) is 4. The Balaban J connectivity index is 1.75. The minimum absolute atomic E-state index is 0.000921. The Bertz CT molecular complexity index is 601. The van der Waals surface area contributed by atoms with Gasteiger partial charge in [0.15, 0.2) is 0 Å². The number of H-pyrrole nitrogens is 1. The fourth-order valence-electron chi connectivity index (χ4n) is 3.90. The van der Waals surface area contributed by atoms with Crippen molar-refractivity contribution in [1.82, 2.24) is 14.8 Å². The summed E-state index contributed by atoms with van der Waals surface area (Å²) in [6, 6.07) is 2.14. The Morgan fingerprint density at radius 1 is 1.36 bits per heavy atom. The number of hydrogen-bond donors (Lipinski definition) is 1. The lowest BCUT2D eigenvalue weighted by Gasteiger charge is -2.35. The van der Waals surface area contributed by atoms with E-state index >= 15 is 0 Å². The van der Waals surface area contributed by atoms with Crippen molar-refractivity contribution in [1.29, 1.82) is 0 Å². The lowest BCUT2D eigenvalue weighted by molar-refractivity contribution is -0.141. The summed E-state index contributed by atoms with van der Waals surface area (Å²) >= 11 is 0. The summed E-state index contributed by atoms with van der Waals surface area (Å²) < 4.78 is 11.5. The summed E-state index contributed by atoms with van der Waals surface area (Å²) in [5, 5.41) is 0. The van der Waals surface area contributed by atoms with Crippen LogP contribution in [0.2, 0.25) is 0 Å². The fraction of sp³-hybridized carbons (Fsp3) is 0.737. The molecule has 140 valence electrons. The zero-order chi connectivity index (χ0) is 18.0. The highest BCUT2D eigenvalue weighted by molar-refractivity contribution is 5.79. The summed E-state index contributed by atoms with van der Waals surface area (Å²) in [6.45, 7) is 10.6. The van der Waals surface area contributed by atoms with E-state index < -0.39 is 0 Å². The van der Waals surface area contributed by atoms with E-state index in [-0.39, 0.29) is 24.0 Å². The molecule has 1 amide bonds. The van der Waals surface area contributed by atoms with E-state index in [0.717, 1.165) is 37.5 Å². The summed E-state index contributed by atoms with van der Waals surface area (Å²) in [7, 11) is 2.11. The monoisotopic (exact) mass is 349 g/mol. The number of morpholine rings is 1. The molecule has 3 heterocycles. The molecule has 3 rings (SSSR count). The Morgan fingerprint density at radius 2 is 2.16 bits per heavy atom. The van der Waals surface area contributed by atoms with Crippen molar-refractivity contribution in [2.45, 2.75) is 45.9 Å². The number of aromatic nitrogens is 1. The average molecular weight is 349 g/mol. The molecule has 2 aliphatic rings. The largest absolute Gasteiger partial charge is 0.378 e. The zero-order valence-corrected chi connectivity index (χ0v) is 15.9. The first kappa shape index (κ1) is 18.4. The minimum Gasteiger partial charge on any atom is -0.378 e. The van der Waals surface area contributed by atoms with Crippen LogP contribution in [0.1, 0.15) is 30.3 Å². The van der Waals surface area contributed by atoms with Gasteiger partial charge in [-0.3, -0.25) is 4.79 Å². The molecule has 2 saturated heterocycles. The van der Waals surface area contributed by atoms with Crippen LogP contribution in [0.5, 0.6) is 0 Å². The van der Waals surface area contributed by atoms with Gasteiger partial charge in [0.05, 0.1) is 24.7 Å². The smallest absolute Gasteiger partial charge is 0.228 e. The molecule has 25 heavy (non-hydrogen) atoms. The number of amides is 1. The van der Waals surface area contributed by atoms with E-state index in [9.17, 15) is 4.79 Å². The zero-order valence-electron chi connectivity index (χ0n) is 15.9. The first-order chi connectivity index (χ1) is 11.9. The second-order valence-electron chi connectivity index (χ2n) is 7.55. The van der Waals surface area contributed by atoms with E-state index in [0.29, 0.717) is 19.7 Å². The van der Waals surface area contributed by atoms with E-state index in [1.807, 2.05) is 11.8 Å². The van der Waals surface area contributed by atoms with Gasteiger partial charge in [0.2, 0.25) is 5.91 Å². The molecule has 0 radical (unpaired) electrons. The third kappa shape index (κ3) is 4.43. The molecule has 1 aromatic rings. The Morgan fingerprint density at radius 3 is 2.76 bits per heavy atom. The summed E-state index contributed by atoms with van der Waals surface area (Å²) in [4.78, 5) is 20.8. The average Bonchev–Trinajstić information content (AvgIpc) is 3.11. The number of aryl methyl sites for hydroxylation is 2. The number of nitrogens with one attached hydrogen (secondary N) is 1. The molecule has 1 aromatic heterocycles. The Kier molecular flexibility index (Phi) is 5.81. The number of aromatic amines is 1. The first-order valence-electron chi connectivity index (χ1n) is 9.29. The van der Waals surface area contributed by atoms with Crippen molar-refractivity contribution in [3.63, 3.8) is 0 Å². The third-order valence-corrected chi connectivity index (χ3v) is 5.39. The second kappa shape index (κ2) is 7.89. The van der Waals surface area contributed by atoms with Gasteiger partial charge in [-0.05, 0) is 45.9 Å². The summed E-state index contributed by atoms with van der Waals surface area (Å²) in [5.41, 5.74) is 3.44. The molecule has 0 aromatic carbocycles. The van der Waals surface area contributed by atoms with Crippen molar-refractivity contribution in [2.75, 3.05) is 39.9 Å². The molecule has 2 aliphatic heterocycles. The maximum atomic E-state index is 13.2. The van der Waals surface area contributed by atoms with Gasteiger partial charge in [0.1, 0.15) is 0 Å². The predicted octanol–water partition coefficient (Wildman–Crippen LogP) is 1.72. The van der Waals surface area contributed by atoms with Crippen LogP contribution in [-0.4, -0.2) is 72.8 Å². The normalized spacial score (nSPS) is 27.6. The molecule has 0 aliphatic carbocycles. The summed E-state index contributed by atoms with van der Waals surface area (Å²) in [5.74, 6) is 0.154. The molecule has 3 atom stereocenters. The highest BCUT2D eigenvalue weighted by Gasteiger charge is 2.35. The number of carbonyl (C=O) groups excluding carboxylic acids is 1. The summed E-state index contributed by atoms with van der Waals surface area (Å²) in [6.07, 6.45) is 0.882. The SMILES string of the molecule is Cc1cc(CN(C[C@@H]2CN(C)CCO2)C(=O)[C@@H]2CCO[C@@H]2C)c(C)[nH]1. The molecule has 2 fully saturated rings. The number of likely N-dealkylation sites (N-methyl/N-ethyl adjacent to an activating group) is 1. The van der Waals surface area contributed by atoms with E-state index in [1.165, 1.54) is 5.56 Å². The van der Waals surface area contributed by atoms with Gasteiger partial charge in [-0.2, -0.15) is 0 Å². The maximum Gasteiger partial charge on any atom is 0.228 e. The minimum atomic E-state index is -0.0401. The van der Waals surface area contributed by atoms with Gasteiger partial charge in [0.25, 0.3) is 0 Å². The van der Waals surface area contributed by atoms with Crippen molar-refractivity contribution in [3.8, 4) is 0 Å². The molecule has 6 nitrogen and oxygen atoms in total. The molecule has 0 bridgehead atoms. The topological polar surface area (TPSA) is 57.8 Å². The van der Waals surface area contributed by atoms with Crippen LogP contribution in [-0.2, 0) is 20.8 Å². The van der Waals surface area contributed by atoms with E-state index in [1.54, 1.807) is 0 Å². The number of ether oxygens (including phenoxy) is 2. The third-order valence-electron chi connectivity index (χ3n) is 5.39. The van der Waals surface area contributed by atoms with Crippen LogP contribution in [0.4, 0.5) is 0 Å². The van der Waals surface area contributed by atoms with Gasteiger partial charge in [0, 0.05) is 44.2 Å². The second-order valence-corrected chi connectivity index (χ2v) is 7.55. The Hall–Kier alpha value is -1.37. The van der Waals surface area contributed by atoms with Crippen LogP contribution in [0, 0.1) is 19.8 Å². The fourth-order valence-corrected chi connectivity index (χ4v) is 3.90. The molecular formula is C19H31N3O3. The van der Waals surface area contributed by atoms with Gasteiger partial charge in [-0.15, -0.1) is 0 Å². The standard InChI is InChI=1S/C19H31N3O3/c1-13-9-16(14(2)20-13)10-22(12-17-11-21(4)6-8-25-17)19(23)18-5-7-24-15(18)3/h9,15,17-18,20H,5-8,10-12H2,1-4H3/t15-,17+,18-/m1/s1. The van der Waals surface area contributed by atoms with Crippen molar-refractivity contribution >= 4 is 5.91 Å². The van der Waals surface area contributed by atoms with Crippen LogP contribution in [0.3, 0.4) is 0 Å². The Labute approximate surface area is 150 Å². The predicted molar refractivity (Wildman–Crippen MR) is 96.4 cm³/mol. The molecule has 1 N–H and O–H groups in total. The number of rotatable bonds is 5. The van der Waals surface area contributed by atoms with Gasteiger partial charge in [-0.1, -0.05) is 0 Å². The van der Waals surface area contributed by atoms with Gasteiger partial charge < -0.3 is 24.3 Å². The van der Waals surface area contributed by atoms with E-state index in [2.05, 4.69) is 36.8 Å². The van der Waals surface area contributed by atoms with Gasteiger partial charge >= 0.3 is 0 Å². The highest BCUT2D eigenvalue weighted by Crippen LogP contribution is 2.25. The van der Waals surface area contributed by atoms with Crippen LogP contribution < -0.4 is 0 Å². The van der Waals surface area contributed by atoms with E-state index in [4.69, 9.17) is 9.47 Å². The van der Waals surface area contributed by atoms with Gasteiger partial charge in [-0.25, -0.2) is 0 Å². The molecule has 6 heteroatoms. The van der Waals surface area contributed by atoms with Crippen molar-refractivity contribution < 1.29 is 14.3 Å². The number of carbonyl (C=O) groups is 1. The molecule has 0 unspecified atom stereocenters. The van der Waals surface area contributed by atoms with Crippen LogP contribution in [0.15, 0.2) is 6.07 Å². The molecule has 0 saturated carbocycles. The van der Waals surface area contributed by atoms with Crippen molar-refractivity contribution in [3.05, 3.63) is 23.0 Å². The quantitative estimate of drug-likeness (QED) is 0.879. The lowest BCUT2D eigenvalue weighted by Crippen LogP contribution is -2.49. The maximum absolute atomic E-state index is 13.2. The lowest BCUT2D eigenvalue weighted by atomic mass is 10.00. The first-order valence-corrected chi connectivity index (χ1v) is 9.29. The molecule has 0 spiro atoms. The van der Waals surface area contributed by atoms with Crippen molar-refractivity contribution in [2.24, 2.45) is 5.92 Å². The highest BCUT2D eigenvalue weighted by atomic mass is 16.5. The molecular weight excluding hydrogens is 318 g/mol. The number of nitrogens with zero attached hydrogens (tertiary/aromatic N) is 2. The van der Waals surface area contributed by atoms with Crippen LogP contribution in [0.25, 0.3) is 0 Å². The van der Waals surface area contributed by atoms with Crippen LogP contribution >= 0.6 is 0 Å².